The molecule has 2 fully saturated rings. The first-order valence-electron chi connectivity index (χ1n) is 19.4. The second-order valence-corrected chi connectivity index (χ2v) is 14.6. The van der Waals surface area contributed by atoms with E-state index in [-0.39, 0.29) is 23.6 Å². The topological polar surface area (TPSA) is 85.3 Å². The Morgan fingerprint density at radius 3 is 2.30 bits per heavy atom. The maximum Gasteiger partial charge on any atom is 0.243 e. The van der Waals surface area contributed by atoms with Crippen molar-refractivity contribution in [2.75, 3.05) is 44.2 Å². The number of hydrogen-bond acceptors (Lipinski definition) is 7. The molecule has 3 aliphatic heterocycles. The Hall–Kier alpha value is -4.92. The number of unbranched alkanes of at least 4 members (excludes halogenated alkanes) is 2. The van der Waals surface area contributed by atoms with Gasteiger partial charge >= 0.3 is 0 Å². The van der Waals surface area contributed by atoms with Crippen LogP contribution >= 0.6 is 0 Å². The second-order valence-electron chi connectivity index (χ2n) is 14.6. The number of ether oxygens (including phenoxy) is 1. The van der Waals surface area contributed by atoms with Crippen molar-refractivity contribution in [3.05, 3.63) is 125 Å². The largest absolute Gasteiger partial charge is 0.508 e. The summed E-state index contributed by atoms with van der Waals surface area (Å²) in [4.78, 5) is 31.4. The zero-order chi connectivity index (χ0) is 36.6. The van der Waals surface area contributed by atoms with Gasteiger partial charge in [0.25, 0.3) is 0 Å². The molecule has 3 aliphatic rings. The first-order chi connectivity index (χ1) is 25.9. The smallest absolute Gasteiger partial charge is 0.243 e. The van der Waals surface area contributed by atoms with Gasteiger partial charge in [-0.3, -0.25) is 19.8 Å². The van der Waals surface area contributed by atoms with Crippen molar-refractivity contribution in [2.45, 2.75) is 71.0 Å². The van der Waals surface area contributed by atoms with E-state index in [9.17, 15) is 14.7 Å². The third-order valence-electron chi connectivity index (χ3n) is 11.0. The molecule has 0 radical (unpaired) electrons. The van der Waals surface area contributed by atoms with Crippen LogP contribution in [0.2, 0.25) is 0 Å². The molecular formula is C45H52N4O4. The summed E-state index contributed by atoms with van der Waals surface area (Å²) in [5, 5.41) is 12.5. The molecule has 0 saturated carbocycles. The fraction of sp³-hybridized carbons (Fsp3) is 0.378. The Morgan fingerprint density at radius 1 is 0.792 bits per heavy atom. The number of piperidine rings is 1. The maximum atomic E-state index is 12.4. The fourth-order valence-electron chi connectivity index (χ4n) is 8.14. The van der Waals surface area contributed by atoms with Crippen LogP contribution in [0, 0.1) is 0 Å². The van der Waals surface area contributed by atoms with Gasteiger partial charge in [0.2, 0.25) is 11.8 Å². The number of hydrogen-bond donors (Lipinski definition) is 2. The highest BCUT2D eigenvalue weighted by Gasteiger charge is 2.35. The molecule has 8 heteroatoms. The van der Waals surface area contributed by atoms with Gasteiger partial charge in [0.1, 0.15) is 11.5 Å². The molecule has 4 aromatic rings. The molecule has 8 nitrogen and oxygen atoms in total. The monoisotopic (exact) mass is 712 g/mol. The summed E-state index contributed by atoms with van der Waals surface area (Å²) < 4.78 is 6.19. The number of rotatable bonds is 13. The van der Waals surface area contributed by atoms with Gasteiger partial charge in [-0.15, -0.1) is 0 Å². The molecule has 0 bridgehead atoms. The summed E-state index contributed by atoms with van der Waals surface area (Å²) in [6, 6.07) is 33.1. The lowest BCUT2D eigenvalue weighted by atomic mass is 9.88. The van der Waals surface area contributed by atoms with Crippen LogP contribution in [0.4, 0.5) is 5.69 Å². The summed E-state index contributed by atoms with van der Waals surface area (Å²) >= 11 is 0. The zero-order valence-corrected chi connectivity index (χ0v) is 30.9. The van der Waals surface area contributed by atoms with Crippen molar-refractivity contribution in [1.29, 1.82) is 0 Å². The first kappa shape index (κ1) is 36.4. The van der Waals surface area contributed by atoms with Gasteiger partial charge < -0.3 is 19.6 Å². The van der Waals surface area contributed by atoms with Crippen LogP contribution in [0.1, 0.15) is 79.7 Å². The van der Waals surface area contributed by atoms with Crippen LogP contribution in [0.15, 0.2) is 97.1 Å². The summed E-state index contributed by atoms with van der Waals surface area (Å²) in [5.41, 5.74) is 9.72. The summed E-state index contributed by atoms with van der Waals surface area (Å²) in [6.45, 7) is 9.80. The Kier molecular flexibility index (Phi) is 11.9. The van der Waals surface area contributed by atoms with Gasteiger partial charge in [-0.2, -0.15) is 0 Å². The van der Waals surface area contributed by atoms with E-state index in [0.717, 1.165) is 94.8 Å². The van der Waals surface area contributed by atoms with Crippen LogP contribution in [-0.4, -0.2) is 72.1 Å². The van der Waals surface area contributed by atoms with Gasteiger partial charge in [-0.25, -0.2) is 0 Å². The number of nitrogens with zero attached hydrogens (tertiary/aromatic N) is 3. The van der Waals surface area contributed by atoms with E-state index in [1.807, 2.05) is 18.2 Å². The standard InChI is InChI=1S/C45H52N4O4/c1-2-41(33-10-5-3-6-11-33)44(34-13-18-39(50)19-14-34)35-15-20-40(21-16-35)53-29-8-4-7-24-47-25-9-26-48(28-27-47)38-17-12-36-31-49(32-37(36)30-38)42-22-23-43(51)46-45(42)52/h3,5-6,10-21,30,42,50H,2,4,7-9,22-29,31-32H2,1H3,(H,46,51,52). The minimum Gasteiger partial charge on any atom is -0.508 e. The fourth-order valence-corrected chi connectivity index (χ4v) is 8.14. The van der Waals surface area contributed by atoms with E-state index in [1.54, 1.807) is 12.1 Å². The van der Waals surface area contributed by atoms with E-state index in [1.165, 1.54) is 33.5 Å². The number of carbonyl (C=O) groups excluding carboxylic acids is 2. The summed E-state index contributed by atoms with van der Waals surface area (Å²) in [7, 11) is 0. The summed E-state index contributed by atoms with van der Waals surface area (Å²) in [5.74, 6) is 0.842. The highest BCUT2D eigenvalue weighted by atomic mass is 16.5. The van der Waals surface area contributed by atoms with Gasteiger partial charge in [0, 0.05) is 44.8 Å². The summed E-state index contributed by atoms with van der Waals surface area (Å²) in [6.07, 6.45) is 6.38. The lowest BCUT2D eigenvalue weighted by molar-refractivity contribution is -0.137. The number of imide groups is 1. The highest BCUT2D eigenvalue weighted by molar-refractivity contribution is 6.00. The quantitative estimate of drug-likeness (QED) is 0.0838. The van der Waals surface area contributed by atoms with Gasteiger partial charge in [-0.05, 0) is 127 Å². The van der Waals surface area contributed by atoms with Gasteiger partial charge in [0.05, 0.1) is 12.6 Å². The van der Waals surface area contributed by atoms with E-state index in [2.05, 4.69) is 93.7 Å². The highest BCUT2D eigenvalue weighted by Crippen LogP contribution is 2.36. The maximum absolute atomic E-state index is 12.4. The lowest BCUT2D eigenvalue weighted by Crippen LogP contribution is -2.50. The number of benzene rings is 4. The molecule has 1 atom stereocenters. The molecule has 4 aromatic carbocycles. The molecule has 3 heterocycles. The number of anilines is 1. The van der Waals surface area contributed by atoms with E-state index < -0.39 is 0 Å². The number of aromatic hydroxyl groups is 1. The van der Waals surface area contributed by atoms with Crippen molar-refractivity contribution in [1.82, 2.24) is 15.1 Å². The molecular weight excluding hydrogens is 661 g/mol. The minimum atomic E-state index is -0.220. The van der Waals surface area contributed by atoms with Crippen molar-refractivity contribution in [2.24, 2.45) is 0 Å². The Labute approximate surface area is 314 Å². The number of phenolic OH excluding ortho intramolecular Hbond substituents is 1. The average Bonchev–Trinajstić information content (AvgIpc) is 3.46. The predicted octanol–water partition coefficient (Wildman–Crippen LogP) is 7.64. The van der Waals surface area contributed by atoms with E-state index in [4.69, 9.17) is 4.74 Å². The SMILES string of the molecule is CCC(=C(c1ccc(O)cc1)c1ccc(OCCCCCN2CCCN(c3ccc4c(c3)CN(C3CCC(=O)NC3=O)C4)CC2)cc1)c1ccccc1. The third-order valence-corrected chi connectivity index (χ3v) is 11.0. The number of allylic oxidation sites excluding steroid dienone is 1. The number of carbonyl (C=O) groups is 2. The van der Waals surface area contributed by atoms with Crippen molar-refractivity contribution < 1.29 is 19.4 Å². The Morgan fingerprint density at radius 2 is 1.55 bits per heavy atom. The van der Waals surface area contributed by atoms with Crippen molar-refractivity contribution in [3.63, 3.8) is 0 Å². The van der Waals surface area contributed by atoms with E-state index >= 15 is 0 Å². The molecule has 1 unspecified atom stereocenters. The van der Waals surface area contributed by atoms with Crippen molar-refractivity contribution in [3.8, 4) is 11.5 Å². The lowest BCUT2D eigenvalue weighted by Gasteiger charge is -2.29. The minimum absolute atomic E-state index is 0.153. The van der Waals surface area contributed by atoms with Crippen LogP contribution in [0.25, 0.3) is 11.1 Å². The number of amides is 2. The molecule has 0 aromatic heterocycles. The van der Waals surface area contributed by atoms with Crippen molar-refractivity contribution >= 4 is 28.6 Å². The Bertz CT molecular complexity index is 1890. The number of fused-ring (bicyclic) bond motifs is 1. The first-order valence-corrected chi connectivity index (χ1v) is 19.4. The molecule has 2 N–H and O–H groups in total. The predicted molar refractivity (Wildman–Crippen MR) is 212 cm³/mol. The second kappa shape index (κ2) is 17.3. The van der Waals surface area contributed by atoms with E-state index in [0.29, 0.717) is 19.4 Å². The molecule has 0 aliphatic carbocycles. The zero-order valence-electron chi connectivity index (χ0n) is 30.9. The van der Waals surface area contributed by atoms with Gasteiger partial charge in [0.15, 0.2) is 0 Å². The molecule has 7 rings (SSSR count). The molecule has 2 amide bonds. The van der Waals surface area contributed by atoms with Crippen LogP contribution < -0.4 is 15.0 Å². The molecule has 2 saturated heterocycles. The van der Waals surface area contributed by atoms with Gasteiger partial charge in [-0.1, -0.05) is 67.6 Å². The van der Waals surface area contributed by atoms with Crippen LogP contribution in [-0.2, 0) is 22.7 Å². The van der Waals surface area contributed by atoms with Crippen LogP contribution in [0.5, 0.6) is 11.5 Å². The van der Waals surface area contributed by atoms with Crippen LogP contribution in [0.3, 0.4) is 0 Å². The Balaban J connectivity index is 0.857. The number of nitrogens with one attached hydrogen (secondary N) is 1. The molecule has 53 heavy (non-hydrogen) atoms. The normalized spacial score (nSPS) is 18.7. The number of phenols is 1. The molecule has 0 spiro atoms. The average molecular weight is 713 g/mol. The third kappa shape index (κ3) is 9.00. The molecule has 276 valence electrons.